The van der Waals surface area contributed by atoms with Gasteiger partial charge >= 0.3 is 0 Å². The Morgan fingerprint density at radius 3 is 2.00 bits per heavy atom. The van der Waals surface area contributed by atoms with Crippen LogP contribution in [0.1, 0.15) is 26.7 Å². The zero-order valence-corrected chi connectivity index (χ0v) is 5.44. The molecule has 1 fully saturated rings. The molecule has 1 aliphatic carbocycles. The van der Waals surface area contributed by atoms with Gasteiger partial charge in [-0.15, -0.1) is 0 Å². The van der Waals surface area contributed by atoms with E-state index in [9.17, 15) is 0 Å². The maximum Gasteiger partial charge on any atom is 0.0692 e. The topological polar surface area (TPSA) is 23.8 Å². The van der Waals surface area contributed by atoms with E-state index in [0.29, 0.717) is 5.92 Å². The number of hydrogen-bond acceptors (Lipinski definition) is 1. The quantitative estimate of drug-likeness (QED) is 0.505. The molecule has 0 aromatic carbocycles. The highest BCUT2D eigenvalue weighted by molar-refractivity contribution is 5.11. The standard InChI is InChI=1S/C7H11N/c1-6(2)7(5-8)3-4-7/h6H,3-4H2,1-2H3. The summed E-state index contributed by atoms with van der Waals surface area (Å²) in [5.41, 5.74) is 0.0972. The highest BCUT2D eigenvalue weighted by atomic mass is 14.5. The van der Waals surface area contributed by atoms with E-state index in [0.717, 1.165) is 12.8 Å². The van der Waals surface area contributed by atoms with Crippen LogP contribution in [0.25, 0.3) is 0 Å². The fraction of sp³-hybridized carbons (Fsp3) is 0.857. The highest BCUT2D eigenvalue weighted by Gasteiger charge is 2.45. The summed E-state index contributed by atoms with van der Waals surface area (Å²) in [5, 5.41) is 8.58. The third kappa shape index (κ3) is 0.608. The Morgan fingerprint density at radius 2 is 2.00 bits per heavy atom. The van der Waals surface area contributed by atoms with Crippen molar-refractivity contribution in [1.82, 2.24) is 0 Å². The Balaban J connectivity index is 2.57. The first-order chi connectivity index (χ1) is 3.71. The second kappa shape index (κ2) is 1.48. The lowest BCUT2D eigenvalue weighted by Crippen LogP contribution is -2.04. The summed E-state index contributed by atoms with van der Waals surface area (Å²) in [5.74, 6) is 0.562. The van der Waals surface area contributed by atoms with Crippen molar-refractivity contribution in [3.05, 3.63) is 0 Å². The third-order valence-electron chi connectivity index (χ3n) is 2.12. The lowest BCUT2D eigenvalue weighted by Gasteiger charge is -2.07. The van der Waals surface area contributed by atoms with Gasteiger partial charge in [0.15, 0.2) is 0 Å². The first-order valence-corrected chi connectivity index (χ1v) is 3.12. The molecular weight excluding hydrogens is 98.1 g/mol. The minimum atomic E-state index is 0.0972. The van der Waals surface area contributed by atoms with Crippen LogP contribution in [0.4, 0.5) is 0 Å². The molecule has 0 aromatic rings. The summed E-state index contributed by atoms with van der Waals surface area (Å²) in [4.78, 5) is 0. The molecule has 8 heavy (non-hydrogen) atoms. The van der Waals surface area contributed by atoms with E-state index in [1.807, 2.05) is 0 Å². The largest absolute Gasteiger partial charge is 0.198 e. The van der Waals surface area contributed by atoms with Crippen molar-refractivity contribution >= 4 is 0 Å². The molecule has 1 nitrogen and oxygen atoms in total. The minimum absolute atomic E-state index is 0.0972. The van der Waals surface area contributed by atoms with E-state index < -0.39 is 0 Å². The average molecular weight is 109 g/mol. The summed E-state index contributed by atoms with van der Waals surface area (Å²) in [6.45, 7) is 4.24. The van der Waals surface area contributed by atoms with Crippen LogP contribution in [-0.2, 0) is 0 Å². The summed E-state index contributed by atoms with van der Waals surface area (Å²) in [6.07, 6.45) is 2.25. The molecule has 0 unspecified atom stereocenters. The number of hydrogen-bond donors (Lipinski definition) is 0. The normalized spacial score (nSPS) is 22.8. The van der Waals surface area contributed by atoms with Gasteiger partial charge in [-0.2, -0.15) is 5.26 Å². The maximum absolute atomic E-state index is 8.58. The van der Waals surface area contributed by atoms with Crippen molar-refractivity contribution in [2.45, 2.75) is 26.7 Å². The van der Waals surface area contributed by atoms with Gasteiger partial charge in [-0.05, 0) is 18.8 Å². The molecule has 0 atom stereocenters. The Kier molecular flexibility index (Phi) is 1.04. The first kappa shape index (κ1) is 5.62. The Hall–Kier alpha value is -0.510. The van der Waals surface area contributed by atoms with Gasteiger partial charge < -0.3 is 0 Å². The number of nitrogens with zero attached hydrogens (tertiary/aromatic N) is 1. The summed E-state index contributed by atoms with van der Waals surface area (Å²) in [6, 6.07) is 2.35. The maximum atomic E-state index is 8.58. The van der Waals surface area contributed by atoms with Crippen molar-refractivity contribution in [1.29, 1.82) is 5.26 Å². The highest BCUT2D eigenvalue weighted by Crippen LogP contribution is 2.50. The van der Waals surface area contributed by atoms with E-state index in [1.165, 1.54) is 0 Å². The minimum Gasteiger partial charge on any atom is -0.198 e. The lowest BCUT2D eigenvalue weighted by molar-refractivity contribution is 0.459. The van der Waals surface area contributed by atoms with E-state index in [4.69, 9.17) is 5.26 Å². The fourth-order valence-electron chi connectivity index (χ4n) is 0.953. The second-order valence-corrected chi connectivity index (χ2v) is 2.92. The van der Waals surface area contributed by atoms with Gasteiger partial charge in [0.1, 0.15) is 0 Å². The van der Waals surface area contributed by atoms with Gasteiger partial charge in [0.2, 0.25) is 0 Å². The van der Waals surface area contributed by atoms with Crippen molar-refractivity contribution < 1.29 is 0 Å². The molecule has 1 heteroatoms. The molecule has 0 bridgehead atoms. The van der Waals surface area contributed by atoms with Gasteiger partial charge in [0.05, 0.1) is 11.5 Å². The summed E-state index contributed by atoms with van der Waals surface area (Å²) in [7, 11) is 0. The number of nitriles is 1. The Labute approximate surface area is 50.3 Å². The molecule has 1 rings (SSSR count). The van der Waals surface area contributed by atoms with Crippen LogP contribution in [-0.4, -0.2) is 0 Å². The molecule has 0 heterocycles. The molecule has 44 valence electrons. The van der Waals surface area contributed by atoms with Gasteiger partial charge in [-0.25, -0.2) is 0 Å². The predicted molar refractivity (Wildman–Crippen MR) is 32.1 cm³/mol. The van der Waals surface area contributed by atoms with E-state index in [-0.39, 0.29) is 5.41 Å². The smallest absolute Gasteiger partial charge is 0.0692 e. The van der Waals surface area contributed by atoms with E-state index in [1.54, 1.807) is 0 Å². The van der Waals surface area contributed by atoms with E-state index >= 15 is 0 Å². The van der Waals surface area contributed by atoms with Crippen LogP contribution < -0.4 is 0 Å². The number of rotatable bonds is 1. The second-order valence-electron chi connectivity index (χ2n) is 2.92. The van der Waals surface area contributed by atoms with Crippen LogP contribution >= 0.6 is 0 Å². The van der Waals surface area contributed by atoms with Crippen LogP contribution in [0.3, 0.4) is 0 Å². The molecule has 0 radical (unpaired) electrons. The molecule has 0 amide bonds. The molecule has 1 aliphatic rings. The van der Waals surface area contributed by atoms with Gasteiger partial charge in [0, 0.05) is 0 Å². The lowest BCUT2D eigenvalue weighted by atomic mass is 9.95. The van der Waals surface area contributed by atoms with Crippen LogP contribution in [0, 0.1) is 22.7 Å². The predicted octanol–water partition coefficient (Wildman–Crippen LogP) is 1.95. The molecule has 0 spiro atoms. The molecule has 0 N–H and O–H groups in total. The monoisotopic (exact) mass is 109 g/mol. The molecule has 0 aromatic heterocycles. The SMILES string of the molecule is CC(C)C1(C#N)CC1. The fourth-order valence-corrected chi connectivity index (χ4v) is 0.953. The Bertz CT molecular complexity index is 126. The van der Waals surface area contributed by atoms with E-state index in [2.05, 4.69) is 19.9 Å². The van der Waals surface area contributed by atoms with Gasteiger partial charge in [-0.3, -0.25) is 0 Å². The zero-order chi connectivity index (χ0) is 6.20. The molecule has 0 aliphatic heterocycles. The molecule has 0 saturated heterocycles. The van der Waals surface area contributed by atoms with Gasteiger partial charge in [0.25, 0.3) is 0 Å². The third-order valence-corrected chi connectivity index (χ3v) is 2.12. The summed E-state index contributed by atoms with van der Waals surface area (Å²) >= 11 is 0. The van der Waals surface area contributed by atoms with Crippen molar-refractivity contribution in [3.63, 3.8) is 0 Å². The van der Waals surface area contributed by atoms with Gasteiger partial charge in [-0.1, -0.05) is 13.8 Å². The van der Waals surface area contributed by atoms with Crippen molar-refractivity contribution in [2.75, 3.05) is 0 Å². The van der Waals surface area contributed by atoms with Crippen LogP contribution in [0.2, 0.25) is 0 Å². The first-order valence-electron chi connectivity index (χ1n) is 3.12. The molecule has 1 saturated carbocycles. The van der Waals surface area contributed by atoms with Crippen LogP contribution in [0.15, 0.2) is 0 Å². The zero-order valence-electron chi connectivity index (χ0n) is 5.44. The summed E-state index contributed by atoms with van der Waals surface area (Å²) < 4.78 is 0. The Morgan fingerprint density at radius 1 is 1.50 bits per heavy atom. The molecular formula is C7H11N. The van der Waals surface area contributed by atoms with Crippen molar-refractivity contribution in [2.24, 2.45) is 11.3 Å². The van der Waals surface area contributed by atoms with Crippen LogP contribution in [0.5, 0.6) is 0 Å². The average Bonchev–Trinajstić information content (AvgIpc) is 2.44. The van der Waals surface area contributed by atoms with Crippen molar-refractivity contribution in [3.8, 4) is 6.07 Å².